The van der Waals surface area contributed by atoms with Crippen molar-refractivity contribution in [3.8, 4) is 5.75 Å². The van der Waals surface area contributed by atoms with Crippen LogP contribution in [-0.4, -0.2) is 37.2 Å². The van der Waals surface area contributed by atoms with Crippen LogP contribution in [0.15, 0.2) is 18.2 Å². The van der Waals surface area contributed by atoms with Crippen LogP contribution in [0.3, 0.4) is 0 Å². The van der Waals surface area contributed by atoms with Gasteiger partial charge in [-0.1, -0.05) is 18.0 Å². The van der Waals surface area contributed by atoms with E-state index >= 15 is 0 Å². The SMILES string of the molecule is CN(CC1Cc2cc(Cl)ccc2O1)C1CCCC1CN. The van der Waals surface area contributed by atoms with Crippen LogP contribution in [0.5, 0.6) is 5.75 Å². The van der Waals surface area contributed by atoms with Gasteiger partial charge in [0.2, 0.25) is 0 Å². The van der Waals surface area contributed by atoms with Gasteiger partial charge >= 0.3 is 0 Å². The van der Waals surface area contributed by atoms with E-state index in [0.29, 0.717) is 12.0 Å². The Balaban J connectivity index is 1.60. The van der Waals surface area contributed by atoms with Crippen LogP contribution < -0.4 is 10.5 Å². The molecule has 1 fully saturated rings. The van der Waals surface area contributed by atoms with Crippen molar-refractivity contribution >= 4 is 11.6 Å². The maximum absolute atomic E-state index is 6.04. The molecule has 2 N–H and O–H groups in total. The normalized spacial score (nSPS) is 28.7. The van der Waals surface area contributed by atoms with Crippen LogP contribution in [-0.2, 0) is 6.42 Å². The number of hydrogen-bond acceptors (Lipinski definition) is 3. The van der Waals surface area contributed by atoms with Crippen LogP contribution in [0.4, 0.5) is 0 Å². The quantitative estimate of drug-likeness (QED) is 0.928. The van der Waals surface area contributed by atoms with Crippen LogP contribution in [0, 0.1) is 5.92 Å². The van der Waals surface area contributed by atoms with Gasteiger partial charge in [-0.15, -0.1) is 0 Å². The zero-order valence-corrected chi connectivity index (χ0v) is 12.8. The van der Waals surface area contributed by atoms with Crippen LogP contribution in [0.2, 0.25) is 5.02 Å². The molecule has 20 heavy (non-hydrogen) atoms. The van der Waals surface area contributed by atoms with Gasteiger partial charge in [0.1, 0.15) is 11.9 Å². The second-order valence-electron chi connectivity index (χ2n) is 6.13. The molecule has 3 atom stereocenters. The lowest BCUT2D eigenvalue weighted by Crippen LogP contribution is -2.42. The summed E-state index contributed by atoms with van der Waals surface area (Å²) in [5.41, 5.74) is 7.12. The van der Waals surface area contributed by atoms with E-state index in [1.807, 2.05) is 18.2 Å². The molecule has 110 valence electrons. The van der Waals surface area contributed by atoms with Crippen molar-refractivity contribution in [2.24, 2.45) is 11.7 Å². The Morgan fingerprint density at radius 3 is 3.05 bits per heavy atom. The van der Waals surface area contributed by atoms with Gasteiger partial charge in [0, 0.05) is 24.0 Å². The van der Waals surface area contributed by atoms with Crippen molar-refractivity contribution in [3.63, 3.8) is 0 Å². The van der Waals surface area contributed by atoms with Crippen LogP contribution >= 0.6 is 11.6 Å². The summed E-state index contributed by atoms with van der Waals surface area (Å²) in [6.07, 6.45) is 5.04. The van der Waals surface area contributed by atoms with E-state index < -0.39 is 0 Å². The second kappa shape index (κ2) is 5.92. The topological polar surface area (TPSA) is 38.5 Å². The molecule has 3 unspecified atom stereocenters. The predicted octanol–water partition coefficient (Wildman–Crippen LogP) is 2.70. The third kappa shape index (κ3) is 2.80. The summed E-state index contributed by atoms with van der Waals surface area (Å²) in [6.45, 7) is 1.77. The fraction of sp³-hybridized carbons (Fsp3) is 0.625. The fourth-order valence-electron chi connectivity index (χ4n) is 3.72. The maximum atomic E-state index is 6.04. The summed E-state index contributed by atoms with van der Waals surface area (Å²) in [4.78, 5) is 2.45. The average Bonchev–Trinajstić information content (AvgIpc) is 3.03. The largest absolute Gasteiger partial charge is 0.488 e. The van der Waals surface area contributed by atoms with Gasteiger partial charge in [-0.2, -0.15) is 0 Å². The summed E-state index contributed by atoms with van der Waals surface area (Å²) in [5.74, 6) is 1.65. The van der Waals surface area contributed by atoms with Crippen molar-refractivity contribution in [2.45, 2.75) is 37.8 Å². The first-order valence-electron chi connectivity index (χ1n) is 7.52. The number of benzene rings is 1. The zero-order valence-electron chi connectivity index (χ0n) is 12.0. The van der Waals surface area contributed by atoms with Crippen LogP contribution in [0.1, 0.15) is 24.8 Å². The molecule has 0 saturated heterocycles. The number of rotatable bonds is 4. The van der Waals surface area contributed by atoms with Gasteiger partial charge in [-0.05, 0) is 56.1 Å². The summed E-state index contributed by atoms with van der Waals surface area (Å²) >= 11 is 6.04. The Morgan fingerprint density at radius 2 is 2.25 bits per heavy atom. The summed E-state index contributed by atoms with van der Waals surface area (Å²) in [6, 6.07) is 6.52. The smallest absolute Gasteiger partial charge is 0.123 e. The number of nitrogens with two attached hydrogens (primary N) is 1. The lowest BCUT2D eigenvalue weighted by atomic mass is 10.0. The molecule has 1 aromatic carbocycles. The molecule has 3 nitrogen and oxygen atoms in total. The summed E-state index contributed by atoms with van der Waals surface area (Å²) in [7, 11) is 2.21. The predicted molar refractivity (Wildman–Crippen MR) is 82.4 cm³/mol. The number of likely N-dealkylation sites (N-methyl/N-ethyl adjacent to an activating group) is 1. The van der Waals surface area contributed by atoms with E-state index in [-0.39, 0.29) is 6.10 Å². The zero-order chi connectivity index (χ0) is 14.1. The highest BCUT2D eigenvalue weighted by Crippen LogP contribution is 2.33. The molecule has 0 radical (unpaired) electrons. The molecule has 1 heterocycles. The van der Waals surface area contributed by atoms with Gasteiger partial charge in [-0.3, -0.25) is 4.90 Å². The van der Waals surface area contributed by atoms with Crippen molar-refractivity contribution in [3.05, 3.63) is 28.8 Å². The van der Waals surface area contributed by atoms with E-state index in [4.69, 9.17) is 22.1 Å². The molecule has 0 spiro atoms. The Labute approximate surface area is 126 Å². The number of halogens is 1. The molecule has 0 aromatic heterocycles. The molecule has 0 bridgehead atoms. The summed E-state index contributed by atoms with van der Waals surface area (Å²) in [5, 5.41) is 0.792. The van der Waals surface area contributed by atoms with Crippen LogP contribution in [0.25, 0.3) is 0 Å². The maximum Gasteiger partial charge on any atom is 0.123 e. The Bertz CT molecular complexity index is 480. The molecule has 1 aliphatic carbocycles. The molecular weight excluding hydrogens is 272 g/mol. The van der Waals surface area contributed by atoms with Crippen molar-refractivity contribution < 1.29 is 4.74 Å². The second-order valence-corrected chi connectivity index (χ2v) is 6.57. The van der Waals surface area contributed by atoms with Gasteiger partial charge in [-0.25, -0.2) is 0 Å². The molecule has 0 amide bonds. The van der Waals surface area contributed by atoms with E-state index in [1.165, 1.54) is 24.8 Å². The fourth-order valence-corrected chi connectivity index (χ4v) is 3.91. The number of ether oxygens (including phenoxy) is 1. The minimum absolute atomic E-state index is 0.243. The van der Waals surface area contributed by atoms with Gasteiger partial charge < -0.3 is 10.5 Å². The Hall–Kier alpha value is -0.770. The van der Waals surface area contributed by atoms with E-state index in [9.17, 15) is 0 Å². The van der Waals surface area contributed by atoms with Gasteiger partial charge in [0.25, 0.3) is 0 Å². The monoisotopic (exact) mass is 294 g/mol. The molecule has 3 rings (SSSR count). The van der Waals surface area contributed by atoms with Crippen molar-refractivity contribution in [1.29, 1.82) is 0 Å². The molecule has 2 aliphatic rings. The van der Waals surface area contributed by atoms with E-state index in [1.54, 1.807) is 0 Å². The number of hydrogen-bond donors (Lipinski definition) is 1. The molecular formula is C16H23ClN2O. The van der Waals surface area contributed by atoms with Crippen molar-refractivity contribution in [2.75, 3.05) is 20.1 Å². The minimum atomic E-state index is 0.243. The number of fused-ring (bicyclic) bond motifs is 1. The molecule has 1 aliphatic heterocycles. The first-order chi connectivity index (χ1) is 9.67. The standard InChI is InChI=1S/C16H23ClN2O/c1-19(15-4-2-3-11(15)9-18)10-14-8-12-7-13(17)5-6-16(12)20-14/h5-7,11,14-15H,2-4,8-10,18H2,1H3. The highest BCUT2D eigenvalue weighted by molar-refractivity contribution is 6.30. The van der Waals surface area contributed by atoms with E-state index in [0.717, 1.165) is 30.3 Å². The third-order valence-corrected chi connectivity index (χ3v) is 4.98. The van der Waals surface area contributed by atoms with Gasteiger partial charge in [0.05, 0.1) is 0 Å². The molecule has 4 heteroatoms. The summed E-state index contributed by atoms with van der Waals surface area (Å²) < 4.78 is 6.03. The minimum Gasteiger partial charge on any atom is -0.488 e. The van der Waals surface area contributed by atoms with E-state index in [2.05, 4.69) is 11.9 Å². The first kappa shape index (κ1) is 14.2. The van der Waals surface area contributed by atoms with Gasteiger partial charge in [0.15, 0.2) is 0 Å². The average molecular weight is 295 g/mol. The molecule has 1 aromatic rings. The lowest BCUT2D eigenvalue weighted by Gasteiger charge is -2.30. The Kier molecular flexibility index (Phi) is 4.20. The highest BCUT2D eigenvalue weighted by atomic mass is 35.5. The number of nitrogens with zero attached hydrogens (tertiary/aromatic N) is 1. The van der Waals surface area contributed by atoms with Crippen molar-refractivity contribution in [1.82, 2.24) is 4.90 Å². The lowest BCUT2D eigenvalue weighted by molar-refractivity contribution is 0.122. The molecule has 1 saturated carbocycles. The third-order valence-electron chi connectivity index (χ3n) is 4.74. The Morgan fingerprint density at radius 1 is 1.40 bits per heavy atom. The first-order valence-corrected chi connectivity index (χ1v) is 7.90. The highest BCUT2D eigenvalue weighted by Gasteiger charge is 2.32.